The van der Waals surface area contributed by atoms with E-state index in [-0.39, 0.29) is 0 Å². The summed E-state index contributed by atoms with van der Waals surface area (Å²) in [7, 11) is 0. The molecule has 0 spiro atoms. The summed E-state index contributed by atoms with van der Waals surface area (Å²) < 4.78 is 0. The van der Waals surface area contributed by atoms with Crippen LogP contribution in [0.25, 0.3) is 0 Å². The van der Waals surface area contributed by atoms with Gasteiger partial charge in [0.1, 0.15) is 5.75 Å². The topological polar surface area (TPSA) is 23.5 Å². The highest BCUT2D eigenvalue weighted by molar-refractivity contribution is 5.42. The minimum Gasteiger partial charge on any atom is -0.508 e. The van der Waals surface area contributed by atoms with Gasteiger partial charge in [0.15, 0.2) is 0 Å². The number of phenolic OH excluding ortho intramolecular Hbond substituents is 1. The van der Waals surface area contributed by atoms with Crippen molar-refractivity contribution in [2.45, 2.75) is 39.5 Å². The molecule has 0 radical (unpaired) electrons. The summed E-state index contributed by atoms with van der Waals surface area (Å²) >= 11 is 0. The van der Waals surface area contributed by atoms with Crippen molar-refractivity contribution in [3.8, 4) is 5.75 Å². The molecule has 1 aliphatic rings. The van der Waals surface area contributed by atoms with E-state index < -0.39 is 0 Å². The monoisotopic (exact) mass is 247 g/mol. The maximum atomic E-state index is 9.88. The van der Waals surface area contributed by atoms with Crippen molar-refractivity contribution in [2.24, 2.45) is 5.92 Å². The number of nitrogens with zero attached hydrogens (tertiary/aromatic N) is 1. The Bertz CT molecular complexity index is 383. The van der Waals surface area contributed by atoms with E-state index in [2.05, 4.69) is 24.8 Å². The van der Waals surface area contributed by atoms with Crippen LogP contribution in [0.1, 0.15) is 37.8 Å². The van der Waals surface area contributed by atoms with Gasteiger partial charge in [-0.2, -0.15) is 0 Å². The minimum absolute atomic E-state index is 0.493. The van der Waals surface area contributed by atoms with Crippen LogP contribution in [0.4, 0.5) is 0 Å². The Morgan fingerprint density at radius 2 is 1.89 bits per heavy atom. The van der Waals surface area contributed by atoms with Crippen molar-refractivity contribution < 1.29 is 5.11 Å². The van der Waals surface area contributed by atoms with Crippen LogP contribution in [-0.2, 0) is 12.8 Å². The quantitative estimate of drug-likeness (QED) is 0.834. The van der Waals surface area contributed by atoms with E-state index >= 15 is 0 Å². The van der Waals surface area contributed by atoms with Gasteiger partial charge in [-0.15, -0.1) is 0 Å². The molecule has 100 valence electrons. The zero-order valence-electron chi connectivity index (χ0n) is 11.7. The fourth-order valence-corrected chi connectivity index (χ4v) is 3.14. The van der Waals surface area contributed by atoms with Gasteiger partial charge < -0.3 is 10.0 Å². The molecule has 1 aromatic carbocycles. The van der Waals surface area contributed by atoms with E-state index in [1.54, 1.807) is 0 Å². The normalized spacial score (nSPS) is 18.3. The molecule has 2 nitrogen and oxygen atoms in total. The lowest BCUT2D eigenvalue weighted by Crippen LogP contribution is -2.31. The molecule has 0 aliphatic heterocycles. The van der Waals surface area contributed by atoms with E-state index in [4.69, 9.17) is 0 Å². The lowest BCUT2D eigenvalue weighted by Gasteiger charge is -2.24. The van der Waals surface area contributed by atoms with Crippen LogP contribution >= 0.6 is 0 Å². The molecule has 0 aromatic heterocycles. The van der Waals surface area contributed by atoms with Gasteiger partial charge >= 0.3 is 0 Å². The minimum atomic E-state index is 0.493. The molecular formula is C16H25NO. The van der Waals surface area contributed by atoms with Crippen LogP contribution in [0.2, 0.25) is 0 Å². The summed E-state index contributed by atoms with van der Waals surface area (Å²) in [5.74, 6) is 1.18. The standard InChI is InChI=1S/C16H25NO/c1-3-8-17(9-4-2)12-13-10-14-6-5-7-16(18)15(14)11-13/h5-7,13,18H,3-4,8-12H2,1-2H3/t13-/m1/s1. The zero-order chi connectivity index (χ0) is 13.0. The van der Waals surface area contributed by atoms with Crippen molar-refractivity contribution in [1.82, 2.24) is 4.90 Å². The first-order valence-electron chi connectivity index (χ1n) is 7.26. The molecule has 0 heterocycles. The Morgan fingerprint density at radius 1 is 1.17 bits per heavy atom. The summed E-state index contributed by atoms with van der Waals surface area (Å²) in [5.41, 5.74) is 2.54. The summed E-state index contributed by atoms with van der Waals surface area (Å²) in [6, 6.07) is 5.95. The van der Waals surface area contributed by atoms with Crippen LogP contribution in [0.15, 0.2) is 18.2 Å². The molecule has 0 saturated carbocycles. The lowest BCUT2D eigenvalue weighted by atomic mass is 10.1. The Labute approximate surface area is 111 Å². The number of hydrogen-bond donors (Lipinski definition) is 1. The van der Waals surface area contributed by atoms with E-state index in [1.807, 2.05) is 12.1 Å². The number of phenols is 1. The Kier molecular flexibility index (Phi) is 4.65. The van der Waals surface area contributed by atoms with Crippen molar-refractivity contribution in [2.75, 3.05) is 19.6 Å². The van der Waals surface area contributed by atoms with E-state index in [0.717, 1.165) is 12.8 Å². The van der Waals surface area contributed by atoms with Crippen LogP contribution in [-0.4, -0.2) is 29.6 Å². The van der Waals surface area contributed by atoms with Crippen LogP contribution < -0.4 is 0 Å². The number of fused-ring (bicyclic) bond motifs is 1. The molecule has 1 aliphatic carbocycles. The molecule has 2 rings (SSSR count). The van der Waals surface area contributed by atoms with Gasteiger partial charge in [0.2, 0.25) is 0 Å². The molecule has 0 bridgehead atoms. The Morgan fingerprint density at radius 3 is 2.50 bits per heavy atom. The third kappa shape index (κ3) is 3.05. The smallest absolute Gasteiger partial charge is 0.119 e. The maximum Gasteiger partial charge on any atom is 0.119 e. The number of hydrogen-bond acceptors (Lipinski definition) is 2. The second-order valence-electron chi connectivity index (χ2n) is 5.49. The number of benzene rings is 1. The second-order valence-corrected chi connectivity index (χ2v) is 5.49. The molecular weight excluding hydrogens is 222 g/mol. The van der Waals surface area contributed by atoms with Crippen molar-refractivity contribution in [3.05, 3.63) is 29.3 Å². The van der Waals surface area contributed by atoms with E-state index in [9.17, 15) is 5.11 Å². The molecule has 0 amide bonds. The average molecular weight is 247 g/mol. The Balaban J connectivity index is 1.96. The van der Waals surface area contributed by atoms with E-state index in [1.165, 1.54) is 43.6 Å². The van der Waals surface area contributed by atoms with Crippen molar-refractivity contribution in [3.63, 3.8) is 0 Å². The van der Waals surface area contributed by atoms with Gasteiger partial charge in [-0.05, 0) is 61.9 Å². The van der Waals surface area contributed by atoms with Gasteiger partial charge in [-0.1, -0.05) is 26.0 Å². The van der Waals surface area contributed by atoms with Gasteiger partial charge in [0.05, 0.1) is 0 Å². The highest BCUT2D eigenvalue weighted by atomic mass is 16.3. The van der Waals surface area contributed by atoms with Gasteiger partial charge in [-0.25, -0.2) is 0 Å². The largest absolute Gasteiger partial charge is 0.508 e. The predicted octanol–water partition coefficient (Wildman–Crippen LogP) is 3.23. The molecule has 1 atom stereocenters. The lowest BCUT2D eigenvalue weighted by molar-refractivity contribution is 0.233. The van der Waals surface area contributed by atoms with Crippen molar-refractivity contribution >= 4 is 0 Å². The van der Waals surface area contributed by atoms with E-state index in [0.29, 0.717) is 11.7 Å². The fourth-order valence-electron chi connectivity index (χ4n) is 3.14. The average Bonchev–Trinajstić information content (AvgIpc) is 2.74. The maximum absolute atomic E-state index is 9.88. The SMILES string of the molecule is CCCN(CCC)C[C@@H]1Cc2cccc(O)c2C1. The van der Waals surface area contributed by atoms with Crippen LogP contribution in [0.3, 0.4) is 0 Å². The predicted molar refractivity (Wildman–Crippen MR) is 76.0 cm³/mol. The van der Waals surface area contributed by atoms with Gasteiger partial charge in [0, 0.05) is 6.54 Å². The number of aromatic hydroxyl groups is 1. The third-order valence-electron chi connectivity index (χ3n) is 3.85. The molecule has 0 saturated heterocycles. The molecule has 2 heteroatoms. The molecule has 0 fully saturated rings. The van der Waals surface area contributed by atoms with Gasteiger partial charge in [0.25, 0.3) is 0 Å². The summed E-state index contributed by atoms with van der Waals surface area (Å²) in [5, 5.41) is 9.88. The number of rotatable bonds is 6. The molecule has 18 heavy (non-hydrogen) atoms. The summed E-state index contributed by atoms with van der Waals surface area (Å²) in [4.78, 5) is 2.58. The first-order valence-corrected chi connectivity index (χ1v) is 7.26. The highest BCUT2D eigenvalue weighted by Gasteiger charge is 2.25. The first-order chi connectivity index (χ1) is 8.74. The fraction of sp³-hybridized carbons (Fsp3) is 0.625. The molecule has 1 N–H and O–H groups in total. The third-order valence-corrected chi connectivity index (χ3v) is 3.85. The van der Waals surface area contributed by atoms with Gasteiger partial charge in [-0.3, -0.25) is 0 Å². The van der Waals surface area contributed by atoms with Crippen molar-refractivity contribution in [1.29, 1.82) is 0 Å². The molecule has 0 unspecified atom stereocenters. The zero-order valence-corrected chi connectivity index (χ0v) is 11.7. The molecule has 1 aromatic rings. The van der Waals surface area contributed by atoms with Crippen LogP contribution in [0, 0.1) is 5.92 Å². The first kappa shape index (κ1) is 13.4. The summed E-state index contributed by atoms with van der Waals surface area (Å²) in [6.07, 6.45) is 4.63. The Hall–Kier alpha value is -1.02. The summed E-state index contributed by atoms with van der Waals surface area (Å²) in [6.45, 7) is 8.07. The second kappa shape index (κ2) is 6.24. The highest BCUT2D eigenvalue weighted by Crippen LogP contribution is 2.33. The van der Waals surface area contributed by atoms with Crippen LogP contribution in [0.5, 0.6) is 5.75 Å².